The van der Waals surface area contributed by atoms with Crippen LogP contribution in [0.15, 0.2) is 4.52 Å². The van der Waals surface area contributed by atoms with E-state index < -0.39 is 0 Å². The third kappa shape index (κ3) is 3.04. The summed E-state index contributed by atoms with van der Waals surface area (Å²) in [6.45, 7) is 3.22. The van der Waals surface area contributed by atoms with Crippen LogP contribution in [0.2, 0.25) is 0 Å². The molecule has 1 N–H and O–H groups in total. The van der Waals surface area contributed by atoms with E-state index in [1.807, 2.05) is 0 Å². The van der Waals surface area contributed by atoms with Gasteiger partial charge < -0.3 is 14.6 Å². The van der Waals surface area contributed by atoms with Crippen molar-refractivity contribution >= 4 is 0 Å². The lowest BCUT2D eigenvalue weighted by atomic mass is 9.86. The summed E-state index contributed by atoms with van der Waals surface area (Å²) in [6, 6.07) is 0.664. The van der Waals surface area contributed by atoms with Gasteiger partial charge in [-0.25, -0.2) is 0 Å². The Morgan fingerprint density at radius 3 is 2.60 bits per heavy atom. The quantitative estimate of drug-likeness (QED) is 0.867. The molecule has 5 heteroatoms. The second-order valence-corrected chi connectivity index (χ2v) is 6.09. The van der Waals surface area contributed by atoms with Crippen molar-refractivity contribution in [3.8, 4) is 0 Å². The Morgan fingerprint density at radius 2 is 2.00 bits per heavy atom. The van der Waals surface area contributed by atoms with E-state index >= 15 is 0 Å². The fourth-order valence-corrected chi connectivity index (χ4v) is 3.27. The van der Waals surface area contributed by atoms with Gasteiger partial charge in [0.05, 0.1) is 0 Å². The Kier molecular flexibility index (Phi) is 4.36. The molecule has 1 unspecified atom stereocenters. The number of nitrogens with one attached hydrogen (secondary N) is 1. The van der Waals surface area contributed by atoms with Crippen LogP contribution in [0.3, 0.4) is 0 Å². The zero-order chi connectivity index (χ0) is 13.9. The molecule has 0 aliphatic heterocycles. The van der Waals surface area contributed by atoms with Crippen LogP contribution in [-0.4, -0.2) is 29.8 Å². The number of rotatable bonds is 6. The number of hydrogen-bond acceptors (Lipinski definition) is 5. The smallest absolute Gasteiger partial charge is 0.229 e. The van der Waals surface area contributed by atoms with Crippen molar-refractivity contribution in [2.75, 3.05) is 13.7 Å². The molecule has 2 fully saturated rings. The molecule has 112 valence electrons. The molecule has 0 saturated heterocycles. The van der Waals surface area contributed by atoms with Crippen LogP contribution >= 0.6 is 0 Å². The second kappa shape index (κ2) is 6.22. The Bertz CT molecular complexity index is 423. The van der Waals surface area contributed by atoms with Gasteiger partial charge in [0.1, 0.15) is 6.10 Å². The van der Waals surface area contributed by atoms with Crippen LogP contribution in [-0.2, 0) is 4.74 Å². The third-order valence-corrected chi connectivity index (χ3v) is 4.59. The molecule has 0 spiro atoms. The average molecular weight is 279 g/mol. The van der Waals surface area contributed by atoms with E-state index in [9.17, 15) is 0 Å². The fourth-order valence-electron chi connectivity index (χ4n) is 3.27. The van der Waals surface area contributed by atoms with E-state index in [1.54, 1.807) is 7.11 Å². The standard InChI is InChI=1S/C15H25N3O2/c1-3-16-12-8-6-11(7-9-12)15-17-14(18-20-15)13(19-2)10-4-5-10/h10-13,16H,3-9H2,1-2H3. The molecule has 0 aromatic carbocycles. The molecule has 0 amide bonds. The second-order valence-electron chi connectivity index (χ2n) is 6.09. The van der Waals surface area contributed by atoms with Crippen molar-refractivity contribution in [2.24, 2.45) is 5.92 Å². The van der Waals surface area contributed by atoms with Gasteiger partial charge >= 0.3 is 0 Å². The van der Waals surface area contributed by atoms with Gasteiger partial charge in [0, 0.05) is 19.1 Å². The van der Waals surface area contributed by atoms with Crippen molar-refractivity contribution in [3.05, 3.63) is 11.7 Å². The summed E-state index contributed by atoms with van der Waals surface area (Å²) in [5.74, 6) is 2.59. The molecule has 20 heavy (non-hydrogen) atoms. The first kappa shape index (κ1) is 14.0. The van der Waals surface area contributed by atoms with Gasteiger partial charge in [0.2, 0.25) is 11.7 Å². The van der Waals surface area contributed by atoms with Gasteiger partial charge in [-0.05, 0) is 51.0 Å². The van der Waals surface area contributed by atoms with Crippen LogP contribution in [0, 0.1) is 5.92 Å². The van der Waals surface area contributed by atoms with Gasteiger partial charge in [-0.3, -0.25) is 0 Å². The lowest BCUT2D eigenvalue weighted by Crippen LogP contribution is -2.32. The van der Waals surface area contributed by atoms with E-state index in [0.29, 0.717) is 17.9 Å². The predicted molar refractivity (Wildman–Crippen MR) is 75.4 cm³/mol. The Morgan fingerprint density at radius 1 is 1.25 bits per heavy atom. The van der Waals surface area contributed by atoms with Crippen LogP contribution in [0.1, 0.15) is 69.2 Å². The van der Waals surface area contributed by atoms with Gasteiger partial charge in [-0.15, -0.1) is 0 Å². The predicted octanol–water partition coefficient (Wildman–Crippen LogP) is 2.80. The number of ether oxygens (including phenoxy) is 1. The molecule has 0 bridgehead atoms. The monoisotopic (exact) mass is 279 g/mol. The van der Waals surface area contributed by atoms with Crippen molar-refractivity contribution in [1.29, 1.82) is 0 Å². The summed E-state index contributed by atoms with van der Waals surface area (Å²) >= 11 is 0. The molecule has 1 atom stereocenters. The first-order valence-corrected chi connectivity index (χ1v) is 7.91. The summed E-state index contributed by atoms with van der Waals surface area (Å²) in [5.41, 5.74) is 0. The number of hydrogen-bond donors (Lipinski definition) is 1. The molecule has 1 heterocycles. The maximum atomic E-state index is 5.51. The lowest BCUT2D eigenvalue weighted by molar-refractivity contribution is 0.0751. The molecule has 5 nitrogen and oxygen atoms in total. The van der Waals surface area contributed by atoms with E-state index in [4.69, 9.17) is 9.26 Å². The normalized spacial score (nSPS) is 28.5. The van der Waals surface area contributed by atoms with Gasteiger partial charge in [-0.1, -0.05) is 12.1 Å². The largest absolute Gasteiger partial charge is 0.373 e. The number of methoxy groups -OCH3 is 1. The molecule has 2 aliphatic rings. The Labute approximate surface area is 120 Å². The minimum Gasteiger partial charge on any atom is -0.373 e. The highest BCUT2D eigenvalue weighted by molar-refractivity contribution is 5.02. The molecular formula is C15H25N3O2. The first-order valence-electron chi connectivity index (χ1n) is 7.91. The zero-order valence-electron chi connectivity index (χ0n) is 12.5. The minimum absolute atomic E-state index is 0.0330. The summed E-state index contributed by atoms with van der Waals surface area (Å²) in [5, 5.41) is 7.68. The first-order chi connectivity index (χ1) is 9.81. The molecule has 3 rings (SSSR count). The molecule has 1 aromatic rings. The average Bonchev–Trinajstić information content (AvgIpc) is 3.18. The topological polar surface area (TPSA) is 60.2 Å². The number of nitrogens with zero attached hydrogens (tertiary/aromatic N) is 2. The SMILES string of the molecule is CCNC1CCC(c2nc(C(OC)C3CC3)no2)CC1. The highest BCUT2D eigenvalue weighted by Crippen LogP contribution is 2.42. The molecular weight excluding hydrogens is 254 g/mol. The van der Waals surface area contributed by atoms with Crippen LogP contribution in [0.5, 0.6) is 0 Å². The summed E-state index contributed by atoms with van der Waals surface area (Å²) in [7, 11) is 1.74. The lowest BCUT2D eigenvalue weighted by Gasteiger charge is -2.26. The van der Waals surface area contributed by atoms with Gasteiger partial charge in [0.15, 0.2) is 0 Å². The third-order valence-electron chi connectivity index (χ3n) is 4.59. The Balaban J connectivity index is 1.59. The Hall–Kier alpha value is -0.940. The van der Waals surface area contributed by atoms with Crippen LogP contribution in [0.4, 0.5) is 0 Å². The fraction of sp³-hybridized carbons (Fsp3) is 0.867. The summed E-state index contributed by atoms with van der Waals surface area (Å²) < 4.78 is 11.0. The molecule has 2 aliphatic carbocycles. The van der Waals surface area contributed by atoms with E-state index in [-0.39, 0.29) is 6.10 Å². The molecule has 2 saturated carbocycles. The zero-order valence-corrected chi connectivity index (χ0v) is 12.5. The van der Waals surface area contributed by atoms with Gasteiger partial charge in [0.25, 0.3) is 0 Å². The van der Waals surface area contributed by atoms with E-state index in [1.165, 1.54) is 25.7 Å². The number of aromatic nitrogens is 2. The highest BCUT2D eigenvalue weighted by atomic mass is 16.5. The maximum absolute atomic E-state index is 5.51. The molecule has 1 aromatic heterocycles. The van der Waals surface area contributed by atoms with Crippen LogP contribution < -0.4 is 5.32 Å². The highest BCUT2D eigenvalue weighted by Gasteiger charge is 2.36. The van der Waals surface area contributed by atoms with Crippen LogP contribution in [0.25, 0.3) is 0 Å². The van der Waals surface area contributed by atoms with Crippen molar-refractivity contribution in [3.63, 3.8) is 0 Å². The maximum Gasteiger partial charge on any atom is 0.229 e. The minimum atomic E-state index is 0.0330. The molecule has 0 radical (unpaired) electrons. The summed E-state index contributed by atoms with van der Waals surface area (Å²) in [4.78, 5) is 4.61. The van der Waals surface area contributed by atoms with E-state index in [2.05, 4.69) is 22.4 Å². The van der Waals surface area contributed by atoms with Gasteiger partial charge in [-0.2, -0.15) is 4.98 Å². The summed E-state index contributed by atoms with van der Waals surface area (Å²) in [6.07, 6.45) is 7.15. The van der Waals surface area contributed by atoms with E-state index in [0.717, 1.165) is 31.1 Å². The van der Waals surface area contributed by atoms with Crippen molar-refractivity contribution < 1.29 is 9.26 Å². The van der Waals surface area contributed by atoms with Crippen molar-refractivity contribution in [1.82, 2.24) is 15.5 Å². The van der Waals surface area contributed by atoms with Crippen molar-refractivity contribution in [2.45, 2.75) is 63.5 Å².